The lowest BCUT2D eigenvalue weighted by atomic mass is 10.2. The molecule has 0 N–H and O–H groups in total. The first-order chi connectivity index (χ1) is 13.1. The van der Waals surface area contributed by atoms with Gasteiger partial charge in [-0.05, 0) is 44.0 Å². The van der Waals surface area contributed by atoms with Crippen molar-refractivity contribution in [3.05, 3.63) is 41.8 Å². The monoisotopic (exact) mass is 371 g/mol. The van der Waals surface area contributed by atoms with Crippen molar-refractivity contribution in [2.45, 2.75) is 33.6 Å². The summed E-state index contributed by atoms with van der Waals surface area (Å²) in [6.45, 7) is 12.0. The van der Waals surface area contributed by atoms with Gasteiger partial charge in [0.05, 0.1) is 0 Å². The summed E-state index contributed by atoms with van der Waals surface area (Å²) >= 11 is 0. The smallest absolute Gasteiger partial charge is 0.227 e. The fraction of sp³-hybridized carbons (Fsp3) is 0.524. The Hall–Kier alpha value is -2.37. The Morgan fingerprint density at radius 2 is 1.52 bits per heavy atom. The third-order valence-electron chi connectivity index (χ3n) is 4.89. The van der Waals surface area contributed by atoms with Crippen molar-refractivity contribution in [2.24, 2.45) is 0 Å². The Balaban J connectivity index is 1.71. The molecule has 0 radical (unpaired) electrons. The zero-order valence-corrected chi connectivity index (χ0v) is 16.7. The molecular formula is C21H30FN5. The molecule has 2 aromatic rings. The first-order valence-corrected chi connectivity index (χ1v) is 9.96. The first-order valence-electron chi connectivity index (χ1n) is 9.96. The Labute approximate surface area is 161 Å². The number of hydrogen-bond acceptors (Lipinski definition) is 5. The van der Waals surface area contributed by atoms with Gasteiger partial charge >= 0.3 is 0 Å². The van der Waals surface area contributed by atoms with Gasteiger partial charge in [0.15, 0.2) is 0 Å². The summed E-state index contributed by atoms with van der Waals surface area (Å²) in [5.74, 6) is 1.66. The van der Waals surface area contributed by atoms with Gasteiger partial charge in [-0.15, -0.1) is 0 Å². The van der Waals surface area contributed by atoms with Gasteiger partial charge in [-0.1, -0.05) is 13.8 Å². The number of rotatable bonds is 7. The lowest BCUT2D eigenvalue weighted by Crippen LogP contribution is -2.47. The number of hydrogen-bond donors (Lipinski definition) is 0. The van der Waals surface area contributed by atoms with Crippen LogP contribution >= 0.6 is 0 Å². The summed E-state index contributed by atoms with van der Waals surface area (Å²) in [5, 5.41) is 0. The van der Waals surface area contributed by atoms with Crippen molar-refractivity contribution < 1.29 is 4.39 Å². The van der Waals surface area contributed by atoms with Crippen LogP contribution in [-0.4, -0.2) is 49.2 Å². The number of nitrogens with zero attached hydrogens (tertiary/aromatic N) is 5. The van der Waals surface area contributed by atoms with Gasteiger partial charge in [0.2, 0.25) is 5.95 Å². The van der Waals surface area contributed by atoms with Gasteiger partial charge in [-0.3, -0.25) is 0 Å². The predicted molar refractivity (Wildman–Crippen MR) is 110 cm³/mol. The molecule has 1 aromatic heterocycles. The molecule has 27 heavy (non-hydrogen) atoms. The highest BCUT2D eigenvalue weighted by Crippen LogP contribution is 2.22. The van der Waals surface area contributed by atoms with E-state index in [1.807, 2.05) is 19.1 Å². The maximum atomic E-state index is 13.1. The minimum absolute atomic E-state index is 0.190. The summed E-state index contributed by atoms with van der Waals surface area (Å²) in [5.41, 5.74) is 2.08. The molecule has 0 unspecified atom stereocenters. The molecule has 6 heteroatoms. The van der Waals surface area contributed by atoms with Crippen molar-refractivity contribution in [3.63, 3.8) is 0 Å². The quantitative estimate of drug-likeness (QED) is 0.738. The third kappa shape index (κ3) is 4.87. The van der Waals surface area contributed by atoms with Gasteiger partial charge in [-0.2, -0.15) is 4.98 Å². The van der Waals surface area contributed by atoms with Gasteiger partial charge in [-0.25, -0.2) is 9.37 Å². The van der Waals surface area contributed by atoms with Crippen LogP contribution in [-0.2, 0) is 0 Å². The second-order valence-corrected chi connectivity index (χ2v) is 7.11. The molecule has 5 nitrogen and oxygen atoms in total. The van der Waals surface area contributed by atoms with Crippen molar-refractivity contribution in [3.8, 4) is 0 Å². The first kappa shape index (κ1) is 19.4. The van der Waals surface area contributed by atoms with Crippen molar-refractivity contribution >= 4 is 17.5 Å². The Morgan fingerprint density at radius 1 is 0.926 bits per heavy atom. The van der Waals surface area contributed by atoms with Gasteiger partial charge in [0.25, 0.3) is 0 Å². The Kier molecular flexibility index (Phi) is 6.48. The average molecular weight is 372 g/mol. The van der Waals surface area contributed by atoms with E-state index in [0.717, 1.165) is 75.3 Å². The molecule has 0 saturated carbocycles. The minimum atomic E-state index is -0.190. The van der Waals surface area contributed by atoms with E-state index in [1.54, 1.807) is 0 Å². The normalized spacial score (nSPS) is 14.5. The van der Waals surface area contributed by atoms with Crippen LogP contribution < -0.4 is 14.7 Å². The number of aromatic nitrogens is 2. The summed E-state index contributed by atoms with van der Waals surface area (Å²) < 4.78 is 13.1. The SMILES string of the molecule is CCCN(CCC)c1nc(C)cc(N2CCN(c3ccc(F)cc3)CC2)n1. The summed E-state index contributed by atoms with van der Waals surface area (Å²) in [7, 11) is 0. The Bertz CT molecular complexity index is 720. The molecule has 0 aliphatic carbocycles. The van der Waals surface area contributed by atoms with Crippen LogP contribution in [0.4, 0.5) is 21.8 Å². The predicted octanol–water partition coefficient (Wildman–Crippen LogP) is 3.88. The average Bonchev–Trinajstić information content (AvgIpc) is 2.68. The molecule has 1 saturated heterocycles. The number of benzene rings is 1. The van der Waals surface area contributed by atoms with Crippen LogP contribution in [0.1, 0.15) is 32.4 Å². The van der Waals surface area contributed by atoms with Gasteiger partial charge in [0.1, 0.15) is 11.6 Å². The fourth-order valence-electron chi connectivity index (χ4n) is 3.54. The zero-order valence-electron chi connectivity index (χ0n) is 16.7. The molecular weight excluding hydrogens is 341 g/mol. The highest BCUT2D eigenvalue weighted by molar-refractivity contribution is 5.51. The molecule has 1 fully saturated rings. The summed E-state index contributed by atoms with van der Waals surface area (Å²) in [4.78, 5) is 16.5. The lowest BCUT2D eigenvalue weighted by Gasteiger charge is -2.37. The largest absolute Gasteiger partial charge is 0.368 e. The van der Waals surface area contributed by atoms with Gasteiger partial charge in [0, 0.05) is 56.7 Å². The minimum Gasteiger partial charge on any atom is -0.368 e. The van der Waals surface area contributed by atoms with E-state index in [1.165, 1.54) is 12.1 Å². The molecule has 2 heterocycles. The molecule has 0 spiro atoms. The lowest BCUT2D eigenvalue weighted by molar-refractivity contribution is 0.624. The molecule has 1 aromatic carbocycles. The third-order valence-corrected chi connectivity index (χ3v) is 4.89. The van der Waals surface area contributed by atoms with Crippen LogP contribution in [0, 0.1) is 12.7 Å². The molecule has 146 valence electrons. The van der Waals surface area contributed by atoms with Gasteiger partial charge < -0.3 is 14.7 Å². The van der Waals surface area contributed by atoms with E-state index < -0.39 is 0 Å². The van der Waals surface area contributed by atoms with Crippen molar-refractivity contribution in [1.82, 2.24) is 9.97 Å². The molecule has 1 aliphatic rings. The van der Waals surface area contributed by atoms with E-state index in [-0.39, 0.29) is 5.82 Å². The topological polar surface area (TPSA) is 35.5 Å². The molecule has 0 atom stereocenters. The Morgan fingerprint density at radius 3 is 2.11 bits per heavy atom. The fourth-order valence-corrected chi connectivity index (χ4v) is 3.54. The maximum absolute atomic E-state index is 13.1. The van der Waals surface area contributed by atoms with E-state index >= 15 is 0 Å². The number of anilines is 3. The summed E-state index contributed by atoms with van der Waals surface area (Å²) in [6, 6.07) is 8.83. The number of piperazine rings is 1. The standard InChI is InChI=1S/C21H30FN5/c1-4-10-27(11-5-2)21-23-17(3)16-20(24-21)26-14-12-25(13-15-26)19-8-6-18(22)7-9-19/h6-9,16H,4-5,10-15H2,1-3H3. The molecule has 3 rings (SSSR count). The van der Waals surface area contributed by atoms with Crippen LogP contribution in [0.15, 0.2) is 30.3 Å². The summed E-state index contributed by atoms with van der Waals surface area (Å²) in [6.07, 6.45) is 2.17. The van der Waals surface area contributed by atoms with Crippen molar-refractivity contribution in [1.29, 1.82) is 0 Å². The molecule has 1 aliphatic heterocycles. The van der Waals surface area contributed by atoms with E-state index in [2.05, 4.69) is 39.6 Å². The van der Waals surface area contributed by atoms with E-state index in [0.29, 0.717) is 0 Å². The highest BCUT2D eigenvalue weighted by atomic mass is 19.1. The highest BCUT2D eigenvalue weighted by Gasteiger charge is 2.20. The molecule has 0 amide bonds. The van der Waals surface area contributed by atoms with E-state index in [9.17, 15) is 4.39 Å². The zero-order chi connectivity index (χ0) is 19.2. The van der Waals surface area contributed by atoms with Crippen LogP contribution in [0.25, 0.3) is 0 Å². The second-order valence-electron chi connectivity index (χ2n) is 7.11. The maximum Gasteiger partial charge on any atom is 0.227 e. The number of aryl methyl sites for hydroxylation is 1. The van der Waals surface area contributed by atoms with Crippen molar-refractivity contribution in [2.75, 3.05) is 54.0 Å². The van der Waals surface area contributed by atoms with E-state index in [4.69, 9.17) is 4.98 Å². The second kappa shape index (κ2) is 9.02. The van der Waals surface area contributed by atoms with Crippen LogP contribution in [0.2, 0.25) is 0 Å². The molecule has 0 bridgehead atoms. The van der Waals surface area contributed by atoms with Crippen LogP contribution in [0.5, 0.6) is 0 Å². The van der Waals surface area contributed by atoms with Crippen LogP contribution in [0.3, 0.4) is 0 Å². The number of halogens is 1.